The maximum absolute atomic E-state index is 12.0. The lowest BCUT2D eigenvalue weighted by molar-refractivity contribution is -0.120. The molecule has 116 valence electrons. The van der Waals surface area contributed by atoms with E-state index in [-0.39, 0.29) is 5.78 Å². The molecule has 0 bridgehead atoms. The molecule has 1 heterocycles. The second-order valence-corrected chi connectivity index (χ2v) is 6.11. The molecule has 5 heteroatoms. The summed E-state index contributed by atoms with van der Waals surface area (Å²) in [5.41, 5.74) is 0.995. The summed E-state index contributed by atoms with van der Waals surface area (Å²) in [6.45, 7) is 2.55. The van der Waals surface area contributed by atoms with Crippen molar-refractivity contribution in [1.82, 2.24) is 5.32 Å². The molecule has 0 aliphatic carbocycles. The van der Waals surface area contributed by atoms with E-state index in [1.165, 1.54) is 0 Å². The fourth-order valence-electron chi connectivity index (χ4n) is 2.44. The number of ketones is 1. The molecule has 1 N–H and O–H groups in total. The van der Waals surface area contributed by atoms with Crippen LogP contribution in [0.2, 0.25) is 0 Å². The summed E-state index contributed by atoms with van der Waals surface area (Å²) in [7, 11) is 1.63. The first-order chi connectivity index (χ1) is 10.2. The largest absolute Gasteiger partial charge is 0.496 e. The number of carbonyl (C=O) groups excluding carboxylic acids is 1. The molecule has 0 amide bonds. The molecule has 1 aliphatic heterocycles. The van der Waals surface area contributed by atoms with Crippen molar-refractivity contribution in [2.45, 2.75) is 31.8 Å². The molecule has 0 atom stereocenters. The smallest absolute Gasteiger partial charge is 0.139 e. The second kappa shape index (κ2) is 8.51. The van der Waals surface area contributed by atoms with E-state index in [4.69, 9.17) is 9.47 Å². The number of methoxy groups -OCH3 is 1. The molecule has 1 aromatic carbocycles. The average Bonchev–Trinajstić information content (AvgIpc) is 2.48. The fraction of sp³-hybridized carbons (Fsp3) is 0.562. The summed E-state index contributed by atoms with van der Waals surface area (Å²) in [4.78, 5) is 12.0. The monoisotopic (exact) mass is 355 g/mol. The van der Waals surface area contributed by atoms with Crippen LogP contribution in [0.25, 0.3) is 0 Å². The minimum Gasteiger partial charge on any atom is -0.496 e. The van der Waals surface area contributed by atoms with E-state index in [0.717, 1.165) is 41.7 Å². The van der Waals surface area contributed by atoms with Crippen LogP contribution in [0.5, 0.6) is 5.75 Å². The van der Waals surface area contributed by atoms with Gasteiger partial charge in [0.1, 0.15) is 11.5 Å². The van der Waals surface area contributed by atoms with E-state index in [0.29, 0.717) is 25.6 Å². The van der Waals surface area contributed by atoms with Crippen molar-refractivity contribution in [1.29, 1.82) is 0 Å². The highest BCUT2D eigenvalue weighted by Gasteiger charge is 2.14. The average molecular weight is 356 g/mol. The fourth-order valence-corrected chi connectivity index (χ4v) is 3.03. The van der Waals surface area contributed by atoms with Crippen molar-refractivity contribution < 1.29 is 14.3 Å². The van der Waals surface area contributed by atoms with E-state index >= 15 is 0 Å². The Morgan fingerprint density at radius 1 is 1.38 bits per heavy atom. The van der Waals surface area contributed by atoms with Crippen molar-refractivity contribution in [3.05, 3.63) is 28.2 Å². The number of piperidine rings is 1. The van der Waals surface area contributed by atoms with Crippen LogP contribution >= 0.6 is 15.9 Å². The molecule has 1 aliphatic rings. The maximum atomic E-state index is 12.0. The Morgan fingerprint density at radius 2 is 2.14 bits per heavy atom. The van der Waals surface area contributed by atoms with Crippen LogP contribution in [0.15, 0.2) is 22.7 Å². The van der Waals surface area contributed by atoms with E-state index in [1.54, 1.807) is 7.11 Å². The van der Waals surface area contributed by atoms with Gasteiger partial charge in [-0.25, -0.2) is 0 Å². The highest BCUT2D eigenvalue weighted by Crippen LogP contribution is 2.25. The third-order valence-corrected chi connectivity index (χ3v) is 4.26. The molecule has 1 aromatic rings. The molecule has 4 nitrogen and oxygen atoms in total. The zero-order valence-corrected chi connectivity index (χ0v) is 13.9. The van der Waals surface area contributed by atoms with Crippen LogP contribution in [0.4, 0.5) is 0 Å². The third-order valence-electron chi connectivity index (χ3n) is 3.64. The number of hydrogen-bond donors (Lipinski definition) is 1. The van der Waals surface area contributed by atoms with E-state index < -0.39 is 0 Å². The molecular weight excluding hydrogens is 334 g/mol. The highest BCUT2D eigenvalue weighted by molar-refractivity contribution is 9.10. The molecule has 0 spiro atoms. The molecule has 0 radical (unpaired) electrons. The Kier molecular flexibility index (Phi) is 6.67. The quantitative estimate of drug-likeness (QED) is 0.816. The van der Waals surface area contributed by atoms with Gasteiger partial charge in [0.2, 0.25) is 0 Å². The minimum atomic E-state index is 0.209. The van der Waals surface area contributed by atoms with Gasteiger partial charge in [0, 0.05) is 12.8 Å². The normalized spacial score (nSPS) is 15.9. The van der Waals surface area contributed by atoms with Gasteiger partial charge in [-0.3, -0.25) is 4.79 Å². The Bertz CT molecular complexity index is 473. The first-order valence-electron chi connectivity index (χ1n) is 7.35. The van der Waals surface area contributed by atoms with Gasteiger partial charge in [0.05, 0.1) is 24.3 Å². The lowest BCUT2D eigenvalue weighted by Crippen LogP contribution is -2.32. The Morgan fingerprint density at radius 3 is 2.81 bits per heavy atom. The molecule has 0 aromatic heterocycles. The molecular formula is C16H22BrNO3. The Balaban J connectivity index is 1.72. The van der Waals surface area contributed by atoms with Crippen LogP contribution in [-0.2, 0) is 16.0 Å². The Labute approximate surface area is 134 Å². The van der Waals surface area contributed by atoms with Gasteiger partial charge in [-0.15, -0.1) is 0 Å². The number of ether oxygens (including phenoxy) is 2. The molecule has 2 rings (SSSR count). The summed E-state index contributed by atoms with van der Waals surface area (Å²) in [6.07, 6.45) is 3.32. The molecule has 0 unspecified atom stereocenters. The van der Waals surface area contributed by atoms with Crippen molar-refractivity contribution in [3.63, 3.8) is 0 Å². The third kappa shape index (κ3) is 5.41. The van der Waals surface area contributed by atoms with Crippen LogP contribution in [0.3, 0.4) is 0 Å². The number of benzene rings is 1. The first-order valence-corrected chi connectivity index (χ1v) is 8.15. The number of nitrogens with one attached hydrogen (secondary N) is 1. The van der Waals surface area contributed by atoms with Gasteiger partial charge in [-0.1, -0.05) is 6.07 Å². The standard InChI is InChI=1S/C16H22BrNO3/c1-20-16-3-2-12(11-15(16)17)10-13(19)6-9-21-14-4-7-18-8-5-14/h2-3,11,14,18H,4-10H2,1H3. The van der Waals surface area contributed by atoms with Gasteiger partial charge in [0.15, 0.2) is 0 Å². The SMILES string of the molecule is COc1ccc(CC(=O)CCOC2CCNCC2)cc1Br. The van der Waals surface area contributed by atoms with Gasteiger partial charge in [-0.2, -0.15) is 0 Å². The lowest BCUT2D eigenvalue weighted by Gasteiger charge is -2.22. The molecule has 1 fully saturated rings. The van der Waals surface area contributed by atoms with Crippen molar-refractivity contribution >= 4 is 21.7 Å². The van der Waals surface area contributed by atoms with Gasteiger partial charge in [-0.05, 0) is 59.6 Å². The summed E-state index contributed by atoms with van der Waals surface area (Å²) in [5.74, 6) is 0.987. The second-order valence-electron chi connectivity index (χ2n) is 5.25. The van der Waals surface area contributed by atoms with Crippen LogP contribution < -0.4 is 10.1 Å². The zero-order valence-electron chi connectivity index (χ0n) is 12.4. The lowest BCUT2D eigenvalue weighted by atomic mass is 10.1. The summed E-state index contributed by atoms with van der Waals surface area (Å²) in [6, 6.07) is 5.73. The van der Waals surface area contributed by atoms with Crippen molar-refractivity contribution in [3.8, 4) is 5.75 Å². The first kappa shape index (κ1) is 16.5. The predicted molar refractivity (Wildman–Crippen MR) is 85.9 cm³/mol. The van der Waals surface area contributed by atoms with Crippen LogP contribution in [0.1, 0.15) is 24.8 Å². The van der Waals surface area contributed by atoms with E-state index in [9.17, 15) is 4.79 Å². The number of Topliss-reactive ketones (excluding diaryl/α,β-unsaturated/α-hetero) is 1. The zero-order chi connectivity index (χ0) is 15.1. The van der Waals surface area contributed by atoms with Crippen LogP contribution in [0, 0.1) is 0 Å². The van der Waals surface area contributed by atoms with Crippen molar-refractivity contribution in [2.75, 3.05) is 26.8 Å². The van der Waals surface area contributed by atoms with Crippen molar-refractivity contribution in [2.24, 2.45) is 0 Å². The van der Waals surface area contributed by atoms with E-state index in [1.807, 2.05) is 18.2 Å². The van der Waals surface area contributed by atoms with Gasteiger partial charge in [0.25, 0.3) is 0 Å². The molecule has 1 saturated heterocycles. The van der Waals surface area contributed by atoms with E-state index in [2.05, 4.69) is 21.2 Å². The summed E-state index contributed by atoms with van der Waals surface area (Å²) in [5, 5.41) is 3.30. The maximum Gasteiger partial charge on any atom is 0.139 e. The summed E-state index contributed by atoms with van der Waals surface area (Å²) >= 11 is 3.44. The predicted octanol–water partition coefficient (Wildman–Crippen LogP) is 2.73. The Hall–Kier alpha value is -0.910. The topological polar surface area (TPSA) is 47.6 Å². The number of hydrogen-bond acceptors (Lipinski definition) is 4. The molecule has 21 heavy (non-hydrogen) atoms. The highest BCUT2D eigenvalue weighted by atomic mass is 79.9. The molecule has 0 saturated carbocycles. The van der Waals surface area contributed by atoms with Gasteiger partial charge >= 0.3 is 0 Å². The number of rotatable bonds is 7. The summed E-state index contributed by atoms with van der Waals surface area (Å²) < 4.78 is 11.8. The minimum absolute atomic E-state index is 0.209. The number of halogens is 1. The van der Waals surface area contributed by atoms with Gasteiger partial charge < -0.3 is 14.8 Å². The number of carbonyl (C=O) groups is 1. The van der Waals surface area contributed by atoms with Crippen LogP contribution in [-0.4, -0.2) is 38.7 Å².